The predicted octanol–water partition coefficient (Wildman–Crippen LogP) is 3.86. The fourth-order valence-corrected chi connectivity index (χ4v) is 3.60. The van der Waals surface area contributed by atoms with Crippen LogP contribution in [0.2, 0.25) is 0 Å². The van der Waals surface area contributed by atoms with Gasteiger partial charge in [-0.1, -0.05) is 49.4 Å². The molecule has 1 aromatic carbocycles. The van der Waals surface area contributed by atoms with Crippen LogP contribution in [0.3, 0.4) is 0 Å². The summed E-state index contributed by atoms with van der Waals surface area (Å²) in [6, 6.07) is 10.6. The van der Waals surface area contributed by atoms with Crippen LogP contribution in [0, 0.1) is 11.8 Å². The molecule has 2 aliphatic carbocycles. The van der Waals surface area contributed by atoms with Gasteiger partial charge in [0.2, 0.25) is 0 Å². The highest BCUT2D eigenvalue weighted by atomic mass is 16.5. The molecule has 0 heterocycles. The van der Waals surface area contributed by atoms with Crippen molar-refractivity contribution in [1.82, 2.24) is 0 Å². The zero-order valence-corrected chi connectivity index (χ0v) is 12.0. The largest absolute Gasteiger partial charge is 0.465 e. The zero-order valence-electron chi connectivity index (χ0n) is 12.0. The van der Waals surface area contributed by atoms with Crippen LogP contribution in [0.5, 0.6) is 0 Å². The van der Waals surface area contributed by atoms with E-state index in [-0.39, 0.29) is 5.97 Å². The third-order valence-corrected chi connectivity index (χ3v) is 4.50. The Morgan fingerprint density at radius 1 is 1.20 bits per heavy atom. The molecule has 2 nitrogen and oxygen atoms in total. The topological polar surface area (TPSA) is 26.3 Å². The van der Waals surface area contributed by atoms with E-state index in [1.807, 2.05) is 0 Å². The summed E-state index contributed by atoms with van der Waals surface area (Å²) in [6.45, 7) is 2.18. The number of hydrogen-bond donors (Lipinski definition) is 0. The number of esters is 1. The fraction of sp³-hybridized carbons (Fsp3) is 0.389. The van der Waals surface area contributed by atoms with Gasteiger partial charge in [-0.25, -0.2) is 4.79 Å². The zero-order chi connectivity index (χ0) is 14.1. The fourth-order valence-electron chi connectivity index (χ4n) is 3.60. The van der Waals surface area contributed by atoms with Crippen molar-refractivity contribution < 1.29 is 9.53 Å². The highest BCUT2D eigenvalue weighted by Gasteiger charge is 2.38. The first-order chi connectivity index (χ1) is 9.70. The summed E-state index contributed by atoms with van der Waals surface area (Å²) in [5.74, 6) is 1.19. The Morgan fingerprint density at radius 3 is 2.65 bits per heavy atom. The third-order valence-electron chi connectivity index (χ3n) is 4.50. The Balaban J connectivity index is 1.92. The van der Waals surface area contributed by atoms with Crippen LogP contribution in [-0.4, -0.2) is 13.1 Å². The third kappa shape index (κ3) is 2.20. The number of benzene rings is 1. The highest BCUT2D eigenvalue weighted by molar-refractivity contribution is 5.94. The lowest BCUT2D eigenvalue weighted by Crippen LogP contribution is -2.22. The molecular weight excluding hydrogens is 248 g/mol. The van der Waals surface area contributed by atoms with Gasteiger partial charge >= 0.3 is 5.97 Å². The Hall–Kier alpha value is -1.83. The lowest BCUT2D eigenvalue weighted by Gasteiger charge is -2.30. The summed E-state index contributed by atoms with van der Waals surface area (Å²) in [6.07, 6.45) is 6.44. The van der Waals surface area contributed by atoms with E-state index in [0.29, 0.717) is 17.8 Å². The number of carbonyl (C=O) groups is 1. The van der Waals surface area contributed by atoms with Gasteiger partial charge in [0.05, 0.1) is 12.7 Å². The number of hydrogen-bond acceptors (Lipinski definition) is 2. The first-order valence-electron chi connectivity index (χ1n) is 7.26. The minimum atomic E-state index is -0.193. The summed E-state index contributed by atoms with van der Waals surface area (Å²) in [7, 11) is 1.46. The lowest BCUT2D eigenvalue weighted by molar-refractivity contribution is -0.136. The van der Waals surface area contributed by atoms with Crippen LogP contribution in [0.1, 0.15) is 31.2 Å². The first kappa shape index (κ1) is 13.2. The van der Waals surface area contributed by atoms with Crippen molar-refractivity contribution in [2.24, 2.45) is 11.8 Å². The molecule has 0 saturated heterocycles. The van der Waals surface area contributed by atoms with Crippen molar-refractivity contribution in [1.29, 1.82) is 0 Å². The van der Waals surface area contributed by atoms with Gasteiger partial charge in [0.15, 0.2) is 0 Å². The SMILES string of the molecule is COC(=O)C1=CC(C)CC2C1=CCC2c1ccccc1. The Morgan fingerprint density at radius 2 is 1.95 bits per heavy atom. The van der Waals surface area contributed by atoms with E-state index in [1.54, 1.807) is 0 Å². The van der Waals surface area contributed by atoms with Crippen molar-refractivity contribution in [3.05, 3.63) is 59.2 Å². The van der Waals surface area contributed by atoms with E-state index in [0.717, 1.165) is 18.4 Å². The smallest absolute Gasteiger partial charge is 0.337 e. The Labute approximate surface area is 120 Å². The molecule has 0 saturated carbocycles. The molecule has 2 heteroatoms. The second-order valence-electron chi connectivity index (χ2n) is 5.80. The van der Waals surface area contributed by atoms with Crippen LogP contribution < -0.4 is 0 Å². The number of carbonyl (C=O) groups excluding carboxylic acids is 1. The second-order valence-corrected chi connectivity index (χ2v) is 5.80. The van der Waals surface area contributed by atoms with Gasteiger partial charge in [-0.05, 0) is 41.7 Å². The van der Waals surface area contributed by atoms with E-state index in [2.05, 4.69) is 49.4 Å². The molecule has 2 aliphatic rings. The molecule has 20 heavy (non-hydrogen) atoms. The first-order valence-corrected chi connectivity index (χ1v) is 7.26. The average Bonchev–Trinajstić information content (AvgIpc) is 2.90. The molecule has 3 atom stereocenters. The molecular formula is C18H20O2. The van der Waals surface area contributed by atoms with Crippen molar-refractivity contribution >= 4 is 5.97 Å². The molecule has 1 aromatic rings. The molecule has 104 valence electrons. The molecule has 0 bridgehead atoms. The summed E-state index contributed by atoms with van der Waals surface area (Å²) in [5.41, 5.74) is 3.36. The molecule has 3 rings (SSSR count). The van der Waals surface area contributed by atoms with E-state index >= 15 is 0 Å². The van der Waals surface area contributed by atoms with Gasteiger partial charge in [-0.2, -0.15) is 0 Å². The van der Waals surface area contributed by atoms with Gasteiger partial charge in [0, 0.05) is 0 Å². The van der Waals surface area contributed by atoms with Crippen molar-refractivity contribution in [2.75, 3.05) is 7.11 Å². The van der Waals surface area contributed by atoms with Gasteiger partial charge < -0.3 is 4.74 Å². The maximum Gasteiger partial charge on any atom is 0.337 e. The quantitative estimate of drug-likeness (QED) is 0.761. The van der Waals surface area contributed by atoms with Crippen LogP contribution in [-0.2, 0) is 9.53 Å². The minimum absolute atomic E-state index is 0.193. The molecule has 3 unspecified atom stereocenters. The highest BCUT2D eigenvalue weighted by Crippen LogP contribution is 2.48. The summed E-state index contributed by atoms with van der Waals surface area (Å²) < 4.78 is 4.94. The van der Waals surface area contributed by atoms with Crippen molar-refractivity contribution in [2.45, 2.75) is 25.7 Å². The predicted molar refractivity (Wildman–Crippen MR) is 79.3 cm³/mol. The summed E-state index contributed by atoms with van der Waals surface area (Å²) in [4.78, 5) is 12.0. The maximum absolute atomic E-state index is 12.0. The molecule has 0 amide bonds. The summed E-state index contributed by atoms with van der Waals surface area (Å²) in [5, 5.41) is 0. The normalized spacial score (nSPS) is 28.4. The van der Waals surface area contributed by atoms with Crippen LogP contribution in [0.25, 0.3) is 0 Å². The van der Waals surface area contributed by atoms with Gasteiger partial charge in [-0.3, -0.25) is 0 Å². The van der Waals surface area contributed by atoms with Gasteiger partial charge in [0.25, 0.3) is 0 Å². The number of fused-ring (bicyclic) bond motifs is 1. The number of rotatable bonds is 2. The summed E-state index contributed by atoms with van der Waals surface area (Å²) >= 11 is 0. The average molecular weight is 268 g/mol. The number of methoxy groups -OCH3 is 1. The molecule has 0 spiro atoms. The molecule has 0 N–H and O–H groups in total. The minimum Gasteiger partial charge on any atom is -0.465 e. The van der Waals surface area contributed by atoms with E-state index < -0.39 is 0 Å². The van der Waals surface area contributed by atoms with Gasteiger partial charge in [-0.15, -0.1) is 0 Å². The second kappa shape index (κ2) is 5.28. The standard InChI is InChI=1S/C18H20O2/c1-12-10-16-14(13-6-4-3-5-7-13)8-9-15(16)17(11-12)18(19)20-2/h3-7,9,11-12,14,16H,8,10H2,1-2H3. The van der Waals surface area contributed by atoms with Crippen LogP contribution >= 0.6 is 0 Å². The van der Waals surface area contributed by atoms with Crippen LogP contribution in [0.15, 0.2) is 53.6 Å². The van der Waals surface area contributed by atoms with Crippen LogP contribution in [0.4, 0.5) is 0 Å². The Bertz CT molecular complexity index is 568. The molecule has 0 aliphatic heterocycles. The van der Waals surface area contributed by atoms with E-state index in [4.69, 9.17) is 4.74 Å². The van der Waals surface area contributed by atoms with E-state index in [9.17, 15) is 4.79 Å². The molecule has 0 radical (unpaired) electrons. The molecule has 0 fully saturated rings. The van der Waals surface area contributed by atoms with Crippen molar-refractivity contribution in [3.8, 4) is 0 Å². The Kier molecular flexibility index (Phi) is 3.47. The monoisotopic (exact) mass is 268 g/mol. The number of allylic oxidation sites excluding steroid dienone is 2. The molecule has 0 aromatic heterocycles. The van der Waals surface area contributed by atoms with Crippen molar-refractivity contribution in [3.63, 3.8) is 0 Å². The lowest BCUT2D eigenvalue weighted by atomic mass is 9.74. The maximum atomic E-state index is 12.0. The van der Waals surface area contributed by atoms with Gasteiger partial charge in [0.1, 0.15) is 0 Å². The number of ether oxygens (including phenoxy) is 1. The van der Waals surface area contributed by atoms with E-state index in [1.165, 1.54) is 18.2 Å².